The summed E-state index contributed by atoms with van der Waals surface area (Å²) in [6, 6.07) is 12.9. The first-order chi connectivity index (χ1) is 21.5. The first kappa shape index (κ1) is 32.5. The van der Waals surface area contributed by atoms with Gasteiger partial charge in [0.25, 0.3) is 5.91 Å². The van der Waals surface area contributed by atoms with Crippen LogP contribution in [0.2, 0.25) is 0 Å². The molecular weight excluding hydrogens is 581 g/mol. The smallest absolute Gasteiger partial charge is 0.341 e. The molecule has 1 atom stereocenters. The maximum Gasteiger partial charge on any atom is 0.341 e. The topological polar surface area (TPSA) is 131 Å². The van der Waals surface area contributed by atoms with Gasteiger partial charge < -0.3 is 30.2 Å². The molecule has 11 nitrogen and oxygen atoms in total. The molecule has 0 bridgehead atoms. The van der Waals surface area contributed by atoms with Crippen LogP contribution < -0.4 is 25.4 Å². The lowest BCUT2D eigenvalue weighted by Crippen LogP contribution is -2.45. The zero-order valence-electron chi connectivity index (χ0n) is 26.0. The molecule has 2 aromatic carbocycles. The average molecular weight is 618 g/mol. The van der Waals surface area contributed by atoms with Crippen LogP contribution in [0.4, 0.5) is 15.9 Å². The molecule has 1 aliphatic heterocycles. The number of methoxy groups -OCH3 is 2. The highest BCUT2D eigenvalue weighted by atomic mass is 19.1. The van der Waals surface area contributed by atoms with Gasteiger partial charge in [-0.05, 0) is 63.6 Å². The predicted molar refractivity (Wildman–Crippen MR) is 167 cm³/mol. The summed E-state index contributed by atoms with van der Waals surface area (Å²) in [7, 11) is 3.15. The van der Waals surface area contributed by atoms with Crippen LogP contribution in [-0.4, -0.2) is 49.0 Å². The van der Waals surface area contributed by atoms with Crippen molar-refractivity contribution >= 4 is 29.8 Å². The van der Waals surface area contributed by atoms with Crippen LogP contribution >= 0.6 is 0 Å². The van der Waals surface area contributed by atoms with Crippen LogP contribution in [0.15, 0.2) is 77.8 Å². The molecule has 1 fully saturated rings. The number of nitrogens with one attached hydrogen (secondary N) is 3. The molecule has 3 aromatic rings. The average Bonchev–Trinajstić information content (AvgIpc) is 3.29. The summed E-state index contributed by atoms with van der Waals surface area (Å²) in [5, 5.41) is 9.25. The highest BCUT2D eigenvalue weighted by molar-refractivity contribution is 6.00. The molecule has 2 heterocycles. The van der Waals surface area contributed by atoms with E-state index in [4.69, 9.17) is 14.2 Å². The van der Waals surface area contributed by atoms with E-state index in [-0.39, 0.29) is 17.9 Å². The summed E-state index contributed by atoms with van der Waals surface area (Å²) in [5.74, 6) is 0.226. The number of esters is 1. The Labute approximate surface area is 261 Å². The lowest BCUT2D eigenvalue weighted by atomic mass is 10.0. The first-order valence-electron chi connectivity index (χ1n) is 14.2. The van der Waals surface area contributed by atoms with E-state index in [2.05, 4.69) is 20.9 Å². The number of hydrogen-bond donors (Lipinski definition) is 3. The maximum atomic E-state index is 14.0. The van der Waals surface area contributed by atoms with Gasteiger partial charge in [-0.25, -0.2) is 14.2 Å². The van der Waals surface area contributed by atoms with Crippen molar-refractivity contribution in [3.8, 4) is 11.5 Å². The monoisotopic (exact) mass is 617 g/mol. The molecule has 1 aromatic heterocycles. The van der Waals surface area contributed by atoms with Crippen LogP contribution in [-0.2, 0) is 26.5 Å². The van der Waals surface area contributed by atoms with E-state index in [9.17, 15) is 18.8 Å². The van der Waals surface area contributed by atoms with E-state index < -0.39 is 23.4 Å². The van der Waals surface area contributed by atoms with Crippen molar-refractivity contribution in [1.29, 1.82) is 0 Å². The van der Waals surface area contributed by atoms with Crippen LogP contribution in [0.5, 0.6) is 11.5 Å². The summed E-state index contributed by atoms with van der Waals surface area (Å²) in [4.78, 5) is 43.8. The van der Waals surface area contributed by atoms with Crippen molar-refractivity contribution < 1.29 is 33.0 Å². The minimum Gasteiger partial charge on any atom is -0.497 e. The number of rotatable bonds is 12. The number of carbonyl (C=O) groups is 3. The van der Waals surface area contributed by atoms with Gasteiger partial charge in [-0.3, -0.25) is 14.5 Å². The number of benzene rings is 2. The number of pyridine rings is 1. The Morgan fingerprint density at radius 1 is 1.13 bits per heavy atom. The fraction of sp³-hybridized carbons (Fsp3) is 0.273. The molecule has 3 N–H and O–H groups in total. The molecule has 0 aliphatic carbocycles. The second-order valence-corrected chi connectivity index (χ2v) is 10.4. The molecule has 236 valence electrons. The van der Waals surface area contributed by atoms with Crippen LogP contribution in [0.3, 0.4) is 0 Å². The normalized spacial score (nSPS) is 17.4. The second-order valence-electron chi connectivity index (χ2n) is 10.4. The van der Waals surface area contributed by atoms with E-state index in [0.29, 0.717) is 52.8 Å². The van der Waals surface area contributed by atoms with Gasteiger partial charge in [-0.1, -0.05) is 12.1 Å². The largest absolute Gasteiger partial charge is 0.497 e. The van der Waals surface area contributed by atoms with Gasteiger partial charge >= 0.3 is 5.97 Å². The first-order valence-corrected chi connectivity index (χ1v) is 14.2. The predicted octanol–water partition coefficient (Wildman–Crippen LogP) is 5.08. The number of hydrogen-bond acceptors (Lipinski definition) is 9. The second kappa shape index (κ2) is 13.9. The van der Waals surface area contributed by atoms with E-state index >= 15 is 0 Å². The third-order valence-corrected chi connectivity index (χ3v) is 7.28. The number of amides is 2. The Morgan fingerprint density at radius 3 is 2.58 bits per heavy atom. The fourth-order valence-electron chi connectivity index (χ4n) is 5.06. The number of anilines is 2. The van der Waals surface area contributed by atoms with Gasteiger partial charge in [0.05, 0.1) is 26.5 Å². The highest BCUT2D eigenvalue weighted by Gasteiger charge is 2.46. The zero-order chi connectivity index (χ0) is 32.7. The summed E-state index contributed by atoms with van der Waals surface area (Å²) in [5.41, 5.74) is 1.71. The molecule has 0 saturated carbocycles. The number of ether oxygens (including phenoxy) is 3. The Hall–Kier alpha value is -5.39. The van der Waals surface area contributed by atoms with Crippen LogP contribution in [0, 0.1) is 5.82 Å². The summed E-state index contributed by atoms with van der Waals surface area (Å²) in [6.07, 6.45) is 3.62. The molecule has 1 aliphatic rings. The summed E-state index contributed by atoms with van der Waals surface area (Å²) < 4.78 is 30.0. The van der Waals surface area contributed by atoms with Crippen molar-refractivity contribution in [2.45, 2.75) is 39.9 Å². The number of allylic oxidation sites excluding steroid dienone is 3. The molecular formula is C33H36FN5O6. The molecule has 2 amide bonds. The van der Waals surface area contributed by atoms with Gasteiger partial charge in [0, 0.05) is 41.7 Å². The van der Waals surface area contributed by atoms with Gasteiger partial charge in [0.2, 0.25) is 6.41 Å². The third kappa shape index (κ3) is 7.06. The SMILES string of the molecule is CCOC(=O)c1cnc(NCc2ccc(OC)cc2OC)cc1N/C(C)=C/C(C)=C1/C(=O)NC(C)(c2cccc(F)c2)N1C=O. The molecule has 12 heteroatoms. The molecule has 45 heavy (non-hydrogen) atoms. The Bertz CT molecular complexity index is 1670. The van der Waals surface area contributed by atoms with Gasteiger partial charge in [0.1, 0.15) is 40.1 Å². The summed E-state index contributed by atoms with van der Waals surface area (Å²) in [6.45, 7) is 7.32. The lowest BCUT2D eigenvalue weighted by molar-refractivity contribution is -0.120. The van der Waals surface area contributed by atoms with Crippen molar-refractivity contribution in [2.75, 3.05) is 31.5 Å². The summed E-state index contributed by atoms with van der Waals surface area (Å²) >= 11 is 0. The number of aromatic nitrogens is 1. The van der Waals surface area contributed by atoms with Gasteiger partial charge in [-0.15, -0.1) is 0 Å². The van der Waals surface area contributed by atoms with E-state index in [0.717, 1.165) is 5.56 Å². The van der Waals surface area contributed by atoms with E-state index in [1.165, 1.54) is 29.3 Å². The van der Waals surface area contributed by atoms with Gasteiger partial charge in [-0.2, -0.15) is 0 Å². The fourth-order valence-corrected chi connectivity index (χ4v) is 5.06. The number of carbonyl (C=O) groups excluding carboxylic acids is 3. The van der Waals surface area contributed by atoms with Crippen molar-refractivity contribution in [3.63, 3.8) is 0 Å². The molecule has 0 radical (unpaired) electrons. The number of nitrogens with zero attached hydrogens (tertiary/aromatic N) is 2. The maximum absolute atomic E-state index is 14.0. The molecule has 1 saturated heterocycles. The minimum atomic E-state index is -1.29. The molecule has 0 spiro atoms. The number of halogens is 1. The standard InChI is InChI=1S/C33H36FN5O6/c1-7-45-32(42)26-18-36-29(35-17-22-11-12-25(43-5)15-28(22)44-6)16-27(26)37-21(3)13-20(2)30-31(41)38-33(4,39(30)19-40)23-9-8-10-24(34)14-23/h8-16,18-19H,7,17H2,1-6H3,(H,38,41)(H2,35,36,37)/b21-13+,30-20-. The van der Waals surface area contributed by atoms with E-state index in [1.54, 1.807) is 66.2 Å². The molecule has 4 rings (SSSR count). The third-order valence-electron chi connectivity index (χ3n) is 7.28. The minimum absolute atomic E-state index is 0.106. The van der Waals surface area contributed by atoms with Crippen molar-refractivity contribution in [1.82, 2.24) is 15.2 Å². The molecule has 1 unspecified atom stereocenters. The zero-order valence-corrected chi connectivity index (χ0v) is 26.0. The van der Waals surface area contributed by atoms with Crippen LogP contribution in [0.25, 0.3) is 0 Å². The Morgan fingerprint density at radius 2 is 1.91 bits per heavy atom. The van der Waals surface area contributed by atoms with Gasteiger partial charge in [0.15, 0.2) is 0 Å². The quantitative estimate of drug-likeness (QED) is 0.145. The van der Waals surface area contributed by atoms with Crippen molar-refractivity contribution in [2.24, 2.45) is 0 Å². The lowest BCUT2D eigenvalue weighted by Gasteiger charge is -2.32. The highest BCUT2D eigenvalue weighted by Crippen LogP contribution is 2.35. The van der Waals surface area contributed by atoms with Crippen molar-refractivity contribution in [3.05, 3.63) is 100 Å². The van der Waals surface area contributed by atoms with Crippen LogP contribution in [0.1, 0.15) is 49.2 Å². The Kier molecular flexibility index (Phi) is 10.1. The Balaban J connectivity index is 1.63. The van der Waals surface area contributed by atoms with E-state index in [1.807, 2.05) is 12.1 Å².